The van der Waals surface area contributed by atoms with E-state index in [1.165, 1.54) is 0 Å². The van der Waals surface area contributed by atoms with Gasteiger partial charge < -0.3 is 15.8 Å². The Hall–Kier alpha value is -1.39. The minimum Gasteiger partial charge on any atom is -0.378 e. The second-order valence-electron chi connectivity index (χ2n) is 5.44. The zero-order valence-corrected chi connectivity index (χ0v) is 12.0. The topological polar surface area (TPSA) is 64.3 Å². The molecule has 0 saturated carbocycles. The summed E-state index contributed by atoms with van der Waals surface area (Å²) in [6.45, 7) is 3.39. The quantitative estimate of drug-likeness (QED) is 0.835. The van der Waals surface area contributed by atoms with E-state index in [1.54, 1.807) is 0 Å². The Kier molecular flexibility index (Phi) is 5.56. The van der Waals surface area contributed by atoms with Crippen molar-refractivity contribution < 1.29 is 9.53 Å². The number of ether oxygens (including phenoxy) is 1. The van der Waals surface area contributed by atoms with Crippen LogP contribution in [0, 0.1) is 5.92 Å². The molecule has 1 heterocycles. The predicted octanol–water partition coefficient (Wildman–Crippen LogP) is 2.01. The second kappa shape index (κ2) is 7.41. The van der Waals surface area contributed by atoms with Gasteiger partial charge in [-0.25, -0.2) is 0 Å². The van der Waals surface area contributed by atoms with Crippen molar-refractivity contribution in [1.29, 1.82) is 0 Å². The lowest BCUT2D eigenvalue weighted by atomic mass is 9.94. The highest BCUT2D eigenvalue weighted by molar-refractivity contribution is 5.79. The Balaban J connectivity index is 1.76. The van der Waals surface area contributed by atoms with E-state index in [-0.39, 0.29) is 17.9 Å². The fraction of sp³-hybridized carbons (Fsp3) is 0.562. The van der Waals surface area contributed by atoms with E-state index < -0.39 is 0 Å². The van der Waals surface area contributed by atoms with Crippen LogP contribution in [0.3, 0.4) is 0 Å². The van der Waals surface area contributed by atoms with Crippen LogP contribution >= 0.6 is 0 Å². The third-order valence-corrected chi connectivity index (χ3v) is 3.93. The molecule has 0 radical (unpaired) electrons. The van der Waals surface area contributed by atoms with E-state index in [9.17, 15) is 4.79 Å². The summed E-state index contributed by atoms with van der Waals surface area (Å²) in [5.41, 5.74) is 7.14. The number of carbonyl (C=O) groups excluding carboxylic acids is 1. The van der Waals surface area contributed by atoms with Gasteiger partial charge in [0.15, 0.2) is 0 Å². The Morgan fingerprint density at radius 2 is 2.20 bits per heavy atom. The first-order valence-corrected chi connectivity index (χ1v) is 7.38. The molecular weight excluding hydrogens is 252 g/mol. The van der Waals surface area contributed by atoms with Crippen molar-refractivity contribution >= 4 is 5.91 Å². The van der Waals surface area contributed by atoms with Gasteiger partial charge in [-0.2, -0.15) is 0 Å². The summed E-state index contributed by atoms with van der Waals surface area (Å²) in [5.74, 6) is -0.221. The summed E-state index contributed by atoms with van der Waals surface area (Å²) in [6.07, 6.45) is 3.44. The molecule has 1 aromatic carbocycles. The number of amides is 1. The minimum absolute atomic E-state index is 0.0133. The summed E-state index contributed by atoms with van der Waals surface area (Å²) < 4.78 is 5.54. The van der Waals surface area contributed by atoms with E-state index in [1.807, 2.05) is 37.3 Å². The number of hydrogen-bond acceptors (Lipinski definition) is 3. The van der Waals surface area contributed by atoms with Crippen LogP contribution in [0.25, 0.3) is 0 Å². The maximum Gasteiger partial charge on any atom is 0.224 e. The molecular formula is C16H24N2O2. The van der Waals surface area contributed by atoms with Crippen LogP contribution in [-0.4, -0.2) is 25.2 Å². The molecule has 1 amide bonds. The van der Waals surface area contributed by atoms with Crippen molar-refractivity contribution in [2.24, 2.45) is 11.7 Å². The van der Waals surface area contributed by atoms with Crippen molar-refractivity contribution in [3.63, 3.8) is 0 Å². The molecule has 1 aliphatic heterocycles. The van der Waals surface area contributed by atoms with Gasteiger partial charge in [0.25, 0.3) is 0 Å². The monoisotopic (exact) mass is 276 g/mol. The summed E-state index contributed by atoms with van der Waals surface area (Å²) in [5, 5.41) is 2.96. The van der Waals surface area contributed by atoms with Crippen LogP contribution < -0.4 is 11.1 Å². The molecule has 2 rings (SSSR count). The minimum atomic E-state index is -0.265. The van der Waals surface area contributed by atoms with Crippen LogP contribution in [0.1, 0.15) is 37.8 Å². The highest BCUT2D eigenvalue weighted by atomic mass is 16.5. The molecule has 0 aromatic heterocycles. The molecule has 4 heteroatoms. The molecule has 4 nitrogen and oxygen atoms in total. The molecule has 1 aromatic rings. The summed E-state index contributed by atoms with van der Waals surface area (Å²) >= 11 is 0. The third kappa shape index (κ3) is 4.05. The molecule has 0 bridgehead atoms. The Bertz CT molecular complexity index is 416. The third-order valence-electron chi connectivity index (χ3n) is 3.93. The first-order valence-electron chi connectivity index (χ1n) is 7.38. The van der Waals surface area contributed by atoms with Gasteiger partial charge in [-0.1, -0.05) is 37.3 Å². The van der Waals surface area contributed by atoms with Crippen LogP contribution in [0.2, 0.25) is 0 Å². The molecule has 3 N–H and O–H groups in total. The van der Waals surface area contributed by atoms with Crippen LogP contribution in [0.15, 0.2) is 30.3 Å². The zero-order valence-electron chi connectivity index (χ0n) is 12.0. The van der Waals surface area contributed by atoms with E-state index in [4.69, 9.17) is 10.5 Å². The Morgan fingerprint density at radius 1 is 1.45 bits per heavy atom. The highest BCUT2D eigenvalue weighted by Gasteiger charge is 2.22. The Labute approximate surface area is 120 Å². The molecule has 0 spiro atoms. The van der Waals surface area contributed by atoms with Gasteiger partial charge in [-0.3, -0.25) is 4.79 Å². The van der Waals surface area contributed by atoms with Crippen LogP contribution in [0.4, 0.5) is 0 Å². The molecule has 1 fully saturated rings. The fourth-order valence-corrected chi connectivity index (χ4v) is 2.52. The normalized spacial score (nSPS) is 21.4. The van der Waals surface area contributed by atoms with E-state index in [2.05, 4.69) is 5.32 Å². The molecule has 0 aliphatic carbocycles. The standard InChI is InChI=1S/C16H24N2O2/c1-12(15(17)13-6-3-2-4-7-13)16(19)18-10-9-14-8-5-11-20-14/h2-4,6-7,12,14-15H,5,8-11,17H2,1H3,(H,18,19). The van der Waals surface area contributed by atoms with E-state index in [0.717, 1.165) is 31.4 Å². The molecule has 20 heavy (non-hydrogen) atoms. The van der Waals surface area contributed by atoms with Crippen molar-refractivity contribution in [3.8, 4) is 0 Å². The number of nitrogens with one attached hydrogen (secondary N) is 1. The molecule has 1 saturated heterocycles. The van der Waals surface area contributed by atoms with Gasteiger partial charge >= 0.3 is 0 Å². The van der Waals surface area contributed by atoms with Gasteiger partial charge in [-0.15, -0.1) is 0 Å². The second-order valence-corrected chi connectivity index (χ2v) is 5.44. The highest BCUT2D eigenvalue weighted by Crippen LogP contribution is 2.19. The summed E-state index contributed by atoms with van der Waals surface area (Å²) in [4.78, 5) is 12.1. The van der Waals surface area contributed by atoms with Gasteiger partial charge in [0.2, 0.25) is 5.91 Å². The van der Waals surface area contributed by atoms with Crippen molar-refractivity contribution in [2.75, 3.05) is 13.2 Å². The van der Waals surface area contributed by atoms with Gasteiger partial charge in [0.05, 0.1) is 12.0 Å². The van der Waals surface area contributed by atoms with Crippen molar-refractivity contribution in [1.82, 2.24) is 5.32 Å². The van der Waals surface area contributed by atoms with E-state index >= 15 is 0 Å². The number of carbonyl (C=O) groups is 1. The lowest BCUT2D eigenvalue weighted by Gasteiger charge is -2.20. The van der Waals surface area contributed by atoms with Gasteiger partial charge in [0, 0.05) is 19.2 Å². The number of nitrogens with two attached hydrogens (primary N) is 1. The van der Waals surface area contributed by atoms with Crippen molar-refractivity contribution in [2.45, 2.75) is 38.3 Å². The maximum atomic E-state index is 12.1. The number of hydrogen-bond donors (Lipinski definition) is 2. The number of benzene rings is 1. The molecule has 110 valence electrons. The average Bonchev–Trinajstić information content (AvgIpc) is 2.99. The average molecular weight is 276 g/mol. The largest absolute Gasteiger partial charge is 0.378 e. The predicted molar refractivity (Wildman–Crippen MR) is 79.1 cm³/mol. The zero-order chi connectivity index (χ0) is 14.4. The first-order chi connectivity index (χ1) is 9.68. The van der Waals surface area contributed by atoms with E-state index in [0.29, 0.717) is 12.6 Å². The molecule has 3 atom stereocenters. The Morgan fingerprint density at radius 3 is 2.85 bits per heavy atom. The SMILES string of the molecule is CC(C(=O)NCCC1CCCO1)C(N)c1ccccc1. The summed E-state index contributed by atoms with van der Waals surface area (Å²) in [6, 6.07) is 9.48. The first kappa shape index (κ1) is 15.0. The maximum absolute atomic E-state index is 12.1. The van der Waals surface area contributed by atoms with Crippen LogP contribution in [0.5, 0.6) is 0 Å². The summed E-state index contributed by atoms with van der Waals surface area (Å²) in [7, 11) is 0. The lowest BCUT2D eigenvalue weighted by molar-refractivity contribution is -0.125. The fourth-order valence-electron chi connectivity index (χ4n) is 2.52. The number of rotatable bonds is 6. The van der Waals surface area contributed by atoms with Crippen molar-refractivity contribution in [3.05, 3.63) is 35.9 Å². The van der Waals surface area contributed by atoms with Gasteiger partial charge in [0.1, 0.15) is 0 Å². The van der Waals surface area contributed by atoms with Gasteiger partial charge in [-0.05, 0) is 24.8 Å². The smallest absolute Gasteiger partial charge is 0.224 e. The van der Waals surface area contributed by atoms with Crippen LogP contribution in [-0.2, 0) is 9.53 Å². The molecule has 3 unspecified atom stereocenters. The molecule has 1 aliphatic rings. The lowest BCUT2D eigenvalue weighted by Crippen LogP contribution is -2.36.